The van der Waals surface area contributed by atoms with Gasteiger partial charge in [0.25, 0.3) is 5.91 Å². The first-order valence-electron chi connectivity index (χ1n) is 8.80. The molecule has 0 atom stereocenters. The molecular formula is C19H19N3O5. The van der Waals surface area contributed by atoms with Gasteiger partial charge in [-0.25, -0.2) is 4.79 Å². The van der Waals surface area contributed by atoms with Crippen molar-refractivity contribution >= 4 is 11.9 Å². The van der Waals surface area contributed by atoms with Crippen LogP contribution in [0.1, 0.15) is 39.3 Å². The van der Waals surface area contributed by atoms with Crippen molar-refractivity contribution in [2.75, 3.05) is 13.1 Å². The number of hydrogen-bond acceptors (Lipinski definition) is 5. The Balaban J connectivity index is 1.79. The standard InChI is InChI=1S/C19H19N3O5/c23-16-14(19(25)26)10-20-12-21-8-4-5-9-22(21)18(24)15(20)17(16)27-11-13-6-2-1-3-7-13/h1-3,6-7,10H,4-5,8-9,11-12H2,(H,25,26). The van der Waals surface area contributed by atoms with Crippen molar-refractivity contribution in [1.82, 2.24) is 14.6 Å². The molecule has 0 bridgehead atoms. The number of hydrazine groups is 1. The van der Waals surface area contributed by atoms with E-state index < -0.39 is 17.0 Å². The van der Waals surface area contributed by atoms with Crippen LogP contribution < -0.4 is 10.2 Å². The normalized spacial score (nSPS) is 16.6. The van der Waals surface area contributed by atoms with Crippen molar-refractivity contribution < 1.29 is 19.4 Å². The predicted octanol–water partition coefficient (Wildman–Crippen LogP) is 1.55. The highest BCUT2D eigenvalue weighted by atomic mass is 16.5. The molecule has 0 radical (unpaired) electrons. The molecule has 2 aliphatic heterocycles. The van der Waals surface area contributed by atoms with Gasteiger partial charge in [-0.15, -0.1) is 0 Å². The Morgan fingerprint density at radius 1 is 1.11 bits per heavy atom. The molecule has 0 saturated carbocycles. The molecule has 1 saturated heterocycles. The topological polar surface area (TPSA) is 92.1 Å². The van der Waals surface area contributed by atoms with Gasteiger partial charge in [0.15, 0.2) is 11.4 Å². The summed E-state index contributed by atoms with van der Waals surface area (Å²) in [5.41, 5.74) is -0.248. The van der Waals surface area contributed by atoms with E-state index in [2.05, 4.69) is 0 Å². The van der Waals surface area contributed by atoms with Crippen molar-refractivity contribution in [3.63, 3.8) is 0 Å². The van der Waals surface area contributed by atoms with E-state index in [1.165, 1.54) is 10.8 Å². The van der Waals surface area contributed by atoms with Crippen molar-refractivity contribution in [1.29, 1.82) is 0 Å². The quantitative estimate of drug-likeness (QED) is 0.879. The zero-order valence-corrected chi connectivity index (χ0v) is 14.6. The molecule has 2 aliphatic rings. The van der Waals surface area contributed by atoms with Crippen LogP contribution in [0.25, 0.3) is 0 Å². The summed E-state index contributed by atoms with van der Waals surface area (Å²) in [5.74, 6) is -1.87. The third-order valence-corrected chi connectivity index (χ3v) is 4.82. The van der Waals surface area contributed by atoms with Crippen LogP contribution in [0.4, 0.5) is 0 Å². The minimum Gasteiger partial charge on any atom is -0.483 e. The van der Waals surface area contributed by atoms with Crippen molar-refractivity contribution in [2.45, 2.75) is 26.1 Å². The Bertz CT molecular complexity index is 954. The second kappa shape index (κ2) is 6.88. The third kappa shape index (κ3) is 3.08. The van der Waals surface area contributed by atoms with Gasteiger partial charge >= 0.3 is 5.97 Å². The van der Waals surface area contributed by atoms with E-state index >= 15 is 0 Å². The molecule has 0 spiro atoms. The molecule has 8 heteroatoms. The van der Waals surface area contributed by atoms with Crippen molar-refractivity contribution in [3.05, 3.63) is 63.6 Å². The van der Waals surface area contributed by atoms with Gasteiger partial charge in [-0.1, -0.05) is 30.3 Å². The Kier molecular flexibility index (Phi) is 4.41. The second-order valence-electron chi connectivity index (χ2n) is 6.61. The van der Waals surface area contributed by atoms with E-state index in [4.69, 9.17) is 4.74 Å². The van der Waals surface area contributed by atoms with Crippen LogP contribution in [-0.4, -0.2) is 44.7 Å². The molecule has 140 valence electrons. The summed E-state index contributed by atoms with van der Waals surface area (Å²) in [7, 11) is 0. The number of benzene rings is 1. The number of carboxylic acid groups (broad SMARTS) is 1. The SMILES string of the molecule is O=C(O)c1cn2c(c(OCc3ccccc3)c1=O)C(=O)N1CCCCN1C2. The molecule has 2 aromatic rings. The number of nitrogens with zero attached hydrogens (tertiary/aromatic N) is 3. The summed E-state index contributed by atoms with van der Waals surface area (Å²) in [4.78, 5) is 37.2. The van der Waals surface area contributed by atoms with Crippen LogP contribution >= 0.6 is 0 Å². The molecule has 1 aromatic heterocycles. The molecule has 0 aliphatic carbocycles. The maximum Gasteiger partial charge on any atom is 0.341 e. The van der Waals surface area contributed by atoms with E-state index in [1.54, 1.807) is 5.01 Å². The summed E-state index contributed by atoms with van der Waals surface area (Å²) < 4.78 is 7.21. The molecule has 1 N–H and O–H groups in total. The number of amides is 1. The van der Waals surface area contributed by atoms with Gasteiger partial charge in [-0.3, -0.25) is 14.6 Å². The lowest BCUT2D eigenvalue weighted by atomic mass is 10.1. The highest BCUT2D eigenvalue weighted by molar-refractivity contribution is 5.97. The van der Waals surface area contributed by atoms with Crippen LogP contribution in [0.15, 0.2) is 41.3 Å². The molecule has 4 rings (SSSR count). The maximum absolute atomic E-state index is 13.0. The minimum atomic E-state index is -1.34. The average Bonchev–Trinajstić information content (AvgIpc) is 2.68. The number of hydrogen-bond donors (Lipinski definition) is 1. The number of aromatic carboxylic acids is 1. The summed E-state index contributed by atoms with van der Waals surface area (Å²) in [6, 6.07) is 9.20. The van der Waals surface area contributed by atoms with Gasteiger partial charge in [-0.2, -0.15) is 5.01 Å². The van der Waals surface area contributed by atoms with Gasteiger partial charge in [0.2, 0.25) is 5.43 Å². The average molecular weight is 369 g/mol. The summed E-state index contributed by atoms with van der Waals surface area (Å²) in [5, 5.41) is 12.9. The van der Waals surface area contributed by atoms with E-state index in [1.807, 2.05) is 35.3 Å². The summed E-state index contributed by atoms with van der Waals surface area (Å²) >= 11 is 0. The van der Waals surface area contributed by atoms with E-state index in [0.29, 0.717) is 19.8 Å². The Labute approximate surface area is 155 Å². The van der Waals surface area contributed by atoms with Gasteiger partial charge in [0, 0.05) is 19.3 Å². The van der Waals surface area contributed by atoms with Crippen LogP contribution in [0.5, 0.6) is 5.75 Å². The smallest absolute Gasteiger partial charge is 0.341 e. The number of aromatic nitrogens is 1. The molecule has 27 heavy (non-hydrogen) atoms. The van der Waals surface area contributed by atoms with E-state index in [-0.39, 0.29) is 24.0 Å². The highest BCUT2D eigenvalue weighted by Crippen LogP contribution is 2.27. The number of ether oxygens (including phenoxy) is 1. The third-order valence-electron chi connectivity index (χ3n) is 4.82. The van der Waals surface area contributed by atoms with Crippen LogP contribution in [0, 0.1) is 0 Å². The van der Waals surface area contributed by atoms with Crippen molar-refractivity contribution in [2.24, 2.45) is 0 Å². The molecule has 3 heterocycles. The first kappa shape index (κ1) is 17.3. The van der Waals surface area contributed by atoms with Crippen LogP contribution in [0.2, 0.25) is 0 Å². The molecule has 1 amide bonds. The van der Waals surface area contributed by atoms with Gasteiger partial charge in [0.05, 0.1) is 6.67 Å². The fourth-order valence-electron chi connectivity index (χ4n) is 3.48. The fourth-order valence-corrected chi connectivity index (χ4v) is 3.48. The lowest BCUT2D eigenvalue weighted by Crippen LogP contribution is -2.55. The number of fused-ring (bicyclic) bond motifs is 2. The monoisotopic (exact) mass is 369 g/mol. The van der Waals surface area contributed by atoms with Gasteiger partial charge in [-0.05, 0) is 18.4 Å². The number of carboxylic acids is 1. The Hall–Kier alpha value is -3.13. The van der Waals surface area contributed by atoms with Crippen LogP contribution in [0.3, 0.4) is 0 Å². The number of rotatable bonds is 4. The van der Waals surface area contributed by atoms with Gasteiger partial charge in [0.1, 0.15) is 12.2 Å². The molecule has 1 aromatic carbocycles. The predicted molar refractivity (Wildman–Crippen MR) is 95.4 cm³/mol. The second-order valence-corrected chi connectivity index (χ2v) is 6.61. The zero-order valence-electron chi connectivity index (χ0n) is 14.6. The lowest BCUT2D eigenvalue weighted by molar-refractivity contribution is -0.0623. The summed E-state index contributed by atoms with van der Waals surface area (Å²) in [6.45, 7) is 1.66. The molecule has 0 unspecified atom stereocenters. The molecular weight excluding hydrogens is 350 g/mol. The van der Waals surface area contributed by atoms with E-state index in [9.17, 15) is 19.5 Å². The number of pyridine rings is 1. The van der Waals surface area contributed by atoms with Gasteiger partial charge < -0.3 is 14.4 Å². The van der Waals surface area contributed by atoms with Crippen LogP contribution in [-0.2, 0) is 13.3 Å². The minimum absolute atomic E-state index is 0.0726. The largest absolute Gasteiger partial charge is 0.483 e. The maximum atomic E-state index is 13.0. The Morgan fingerprint density at radius 2 is 1.85 bits per heavy atom. The highest BCUT2D eigenvalue weighted by Gasteiger charge is 2.36. The first-order valence-corrected chi connectivity index (χ1v) is 8.80. The number of carbonyl (C=O) groups is 2. The number of carbonyl (C=O) groups excluding carboxylic acids is 1. The Morgan fingerprint density at radius 3 is 2.59 bits per heavy atom. The van der Waals surface area contributed by atoms with E-state index in [0.717, 1.165) is 18.4 Å². The molecule has 1 fully saturated rings. The lowest BCUT2D eigenvalue weighted by Gasteiger charge is -2.43. The fraction of sp³-hybridized carbons (Fsp3) is 0.316. The summed E-state index contributed by atoms with van der Waals surface area (Å²) in [6.07, 6.45) is 3.08. The first-order chi connectivity index (χ1) is 13.1. The zero-order chi connectivity index (χ0) is 19.0. The molecule has 8 nitrogen and oxygen atoms in total. The van der Waals surface area contributed by atoms with Crippen molar-refractivity contribution in [3.8, 4) is 5.75 Å².